The van der Waals surface area contributed by atoms with Crippen LogP contribution in [0.1, 0.15) is 30.9 Å². The Morgan fingerprint density at radius 2 is 2.32 bits per heavy atom. The Kier molecular flexibility index (Phi) is 4.03. The van der Waals surface area contributed by atoms with Crippen molar-refractivity contribution in [1.82, 2.24) is 15.6 Å². The first kappa shape index (κ1) is 13.4. The first-order valence-corrected chi connectivity index (χ1v) is 6.23. The molecule has 2 amide bonds. The van der Waals surface area contributed by atoms with Crippen LogP contribution in [0.2, 0.25) is 0 Å². The van der Waals surface area contributed by atoms with E-state index < -0.39 is 5.97 Å². The lowest BCUT2D eigenvalue weighted by Gasteiger charge is -2.12. The van der Waals surface area contributed by atoms with E-state index in [4.69, 9.17) is 9.52 Å². The summed E-state index contributed by atoms with van der Waals surface area (Å²) in [5.41, 5.74) is 0. The molecule has 7 nitrogen and oxygen atoms in total. The summed E-state index contributed by atoms with van der Waals surface area (Å²) >= 11 is 0. The fourth-order valence-electron chi connectivity index (χ4n) is 2.21. The number of hydrogen-bond acceptors (Lipinski definition) is 4. The molecule has 7 heteroatoms. The number of nitrogens with one attached hydrogen (secondary N) is 2. The van der Waals surface area contributed by atoms with Crippen LogP contribution in [0.3, 0.4) is 0 Å². The van der Waals surface area contributed by atoms with Crippen molar-refractivity contribution >= 4 is 12.0 Å². The lowest BCUT2D eigenvalue weighted by atomic mass is 10.1. The Morgan fingerprint density at radius 1 is 1.53 bits per heavy atom. The number of rotatable bonds is 4. The predicted octanol–water partition coefficient (Wildman–Crippen LogP) is 1.04. The standard InChI is InChI=1S/C12H17N3O4/c1-7-5-13-10(19-7)6-14-12(18)15-9-3-2-8(4-9)11(16)17/h5,8-9H,2-4,6H2,1H3,(H,16,17)(H2,14,15,18). The maximum Gasteiger partial charge on any atom is 0.315 e. The zero-order valence-electron chi connectivity index (χ0n) is 10.7. The third-order valence-electron chi connectivity index (χ3n) is 3.19. The van der Waals surface area contributed by atoms with Gasteiger partial charge in [-0.25, -0.2) is 9.78 Å². The average Bonchev–Trinajstić information content (AvgIpc) is 2.96. The molecule has 2 atom stereocenters. The normalized spacial score (nSPS) is 22.2. The second-order valence-corrected chi connectivity index (χ2v) is 4.74. The van der Waals surface area contributed by atoms with Crippen LogP contribution in [0.4, 0.5) is 4.79 Å². The van der Waals surface area contributed by atoms with Crippen LogP contribution in [0.15, 0.2) is 10.6 Å². The highest BCUT2D eigenvalue weighted by Gasteiger charge is 2.30. The van der Waals surface area contributed by atoms with Gasteiger partial charge < -0.3 is 20.2 Å². The summed E-state index contributed by atoms with van der Waals surface area (Å²) in [5.74, 6) is -0.000514. The summed E-state index contributed by atoms with van der Waals surface area (Å²) in [5, 5.41) is 14.3. The lowest BCUT2D eigenvalue weighted by molar-refractivity contribution is -0.141. The molecule has 0 radical (unpaired) electrons. The monoisotopic (exact) mass is 267 g/mol. The lowest BCUT2D eigenvalue weighted by Crippen LogP contribution is -2.40. The number of carbonyl (C=O) groups is 2. The molecule has 0 spiro atoms. The minimum Gasteiger partial charge on any atom is -0.481 e. The maximum absolute atomic E-state index is 11.6. The number of carboxylic acids is 1. The maximum atomic E-state index is 11.6. The number of carboxylic acid groups (broad SMARTS) is 1. The van der Waals surface area contributed by atoms with Crippen molar-refractivity contribution in [2.45, 2.75) is 38.8 Å². The quantitative estimate of drug-likeness (QED) is 0.756. The van der Waals surface area contributed by atoms with Gasteiger partial charge in [-0.15, -0.1) is 0 Å². The Balaban J connectivity index is 1.72. The number of aryl methyl sites for hydroxylation is 1. The number of amides is 2. The minimum atomic E-state index is -0.792. The van der Waals surface area contributed by atoms with Crippen molar-refractivity contribution in [3.8, 4) is 0 Å². The SMILES string of the molecule is Cc1cnc(CNC(=O)NC2CCC(C(=O)O)C2)o1. The molecular formula is C12H17N3O4. The van der Waals surface area contributed by atoms with E-state index in [0.717, 1.165) is 0 Å². The molecule has 2 unspecified atom stereocenters. The molecule has 1 heterocycles. The summed E-state index contributed by atoms with van der Waals surface area (Å²) in [7, 11) is 0. The third-order valence-corrected chi connectivity index (χ3v) is 3.19. The van der Waals surface area contributed by atoms with Crippen LogP contribution in [-0.4, -0.2) is 28.1 Å². The summed E-state index contributed by atoms with van der Waals surface area (Å²) < 4.78 is 5.22. The van der Waals surface area contributed by atoms with Crippen LogP contribution >= 0.6 is 0 Å². The van der Waals surface area contributed by atoms with E-state index in [2.05, 4.69) is 15.6 Å². The minimum absolute atomic E-state index is 0.0765. The highest BCUT2D eigenvalue weighted by Crippen LogP contribution is 2.25. The van der Waals surface area contributed by atoms with Crippen LogP contribution in [0, 0.1) is 12.8 Å². The Hall–Kier alpha value is -2.05. The largest absolute Gasteiger partial charge is 0.481 e. The van der Waals surface area contributed by atoms with Crippen molar-refractivity contribution in [1.29, 1.82) is 0 Å². The number of hydrogen-bond donors (Lipinski definition) is 3. The van der Waals surface area contributed by atoms with E-state index in [9.17, 15) is 9.59 Å². The van der Waals surface area contributed by atoms with Gasteiger partial charge in [0, 0.05) is 6.04 Å². The van der Waals surface area contributed by atoms with Gasteiger partial charge in [-0.05, 0) is 26.2 Å². The second kappa shape index (κ2) is 5.73. The van der Waals surface area contributed by atoms with Crippen molar-refractivity contribution in [2.24, 2.45) is 5.92 Å². The number of aliphatic carboxylic acids is 1. The van der Waals surface area contributed by atoms with E-state index in [1.807, 2.05) is 0 Å². The molecule has 104 valence electrons. The van der Waals surface area contributed by atoms with Gasteiger partial charge in [-0.2, -0.15) is 0 Å². The van der Waals surface area contributed by atoms with Crippen LogP contribution in [0.25, 0.3) is 0 Å². The molecule has 1 aliphatic carbocycles. The summed E-state index contributed by atoms with van der Waals surface area (Å²) in [4.78, 5) is 26.4. The number of urea groups is 1. The van der Waals surface area contributed by atoms with Crippen LogP contribution in [0.5, 0.6) is 0 Å². The summed E-state index contributed by atoms with van der Waals surface area (Å²) in [6, 6.07) is -0.403. The first-order valence-electron chi connectivity index (χ1n) is 6.23. The van der Waals surface area contributed by atoms with Gasteiger partial charge in [-0.1, -0.05) is 0 Å². The Labute approximate surface area is 110 Å². The fraction of sp³-hybridized carbons (Fsp3) is 0.583. The molecule has 3 N–H and O–H groups in total. The molecule has 1 fully saturated rings. The van der Waals surface area contributed by atoms with E-state index in [-0.39, 0.29) is 24.5 Å². The molecule has 1 aliphatic rings. The number of aromatic nitrogens is 1. The zero-order chi connectivity index (χ0) is 13.8. The molecule has 1 aromatic rings. The summed E-state index contributed by atoms with van der Waals surface area (Å²) in [6.45, 7) is 2.00. The average molecular weight is 267 g/mol. The molecule has 0 saturated heterocycles. The first-order chi connectivity index (χ1) is 9.04. The van der Waals surface area contributed by atoms with Gasteiger partial charge >= 0.3 is 12.0 Å². The Bertz CT molecular complexity index is 471. The van der Waals surface area contributed by atoms with Crippen molar-refractivity contribution in [3.63, 3.8) is 0 Å². The number of carbonyl (C=O) groups excluding carboxylic acids is 1. The fourth-order valence-corrected chi connectivity index (χ4v) is 2.21. The van der Waals surface area contributed by atoms with Crippen LogP contribution < -0.4 is 10.6 Å². The van der Waals surface area contributed by atoms with Gasteiger partial charge in [0.1, 0.15) is 5.76 Å². The molecule has 0 bridgehead atoms. The highest BCUT2D eigenvalue weighted by atomic mass is 16.4. The van der Waals surface area contributed by atoms with E-state index in [0.29, 0.717) is 30.9 Å². The van der Waals surface area contributed by atoms with E-state index in [1.54, 1.807) is 13.1 Å². The second-order valence-electron chi connectivity index (χ2n) is 4.74. The van der Waals surface area contributed by atoms with Gasteiger partial charge in [0.15, 0.2) is 0 Å². The molecule has 19 heavy (non-hydrogen) atoms. The number of nitrogens with zero attached hydrogens (tertiary/aromatic N) is 1. The molecule has 2 rings (SSSR count). The Morgan fingerprint density at radius 3 is 2.89 bits per heavy atom. The third kappa shape index (κ3) is 3.70. The predicted molar refractivity (Wildman–Crippen MR) is 65.4 cm³/mol. The zero-order valence-corrected chi connectivity index (χ0v) is 10.7. The van der Waals surface area contributed by atoms with Crippen LogP contribution in [-0.2, 0) is 11.3 Å². The van der Waals surface area contributed by atoms with Gasteiger partial charge in [0.2, 0.25) is 5.89 Å². The van der Waals surface area contributed by atoms with E-state index >= 15 is 0 Å². The topological polar surface area (TPSA) is 104 Å². The number of oxazole rings is 1. The van der Waals surface area contributed by atoms with Gasteiger partial charge in [-0.3, -0.25) is 4.79 Å². The smallest absolute Gasteiger partial charge is 0.315 e. The van der Waals surface area contributed by atoms with Gasteiger partial charge in [0.05, 0.1) is 18.7 Å². The molecule has 1 aromatic heterocycles. The molecule has 0 aromatic carbocycles. The summed E-state index contributed by atoms with van der Waals surface area (Å²) in [6.07, 6.45) is 3.38. The molecule has 1 saturated carbocycles. The molecule has 0 aliphatic heterocycles. The molecular weight excluding hydrogens is 250 g/mol. The van der Waals surface area contributed by atoms with Crippen molar-refractivity contribution < 1.29 is 19.1 Å². The van der Waals surface area contributed by atoms with E-state index in [1.165, 1.54) is 0 Å². The van der Waals surface area contributed by atoms with Crippen molar-refractivity contribution in [2.75, 3.05) is 0 Å². The highest BCUT2D eigenvalue weighted by molar-refractivity contribution is 5.75. The van der Waals surface area contributed by atoms with Gasteiger partial charge in [0.25, 0.3) is 0 Å². The van der Waals surface area contributed by atoms with Crippen molar-refractivity contribution in [3.05, 3.63) is 17.8 Å².